The molecule has 1 amide bonds. The number of likely N-dealkylation sites (N-methyl/N-ethyl adjacent to an activating group) is 1. The number of carbonyl (C=O) groups excluding carboxylic acids is 1. The van der Waals surface area contributed by atoms with Gasteiger partial charge < -0.3 is 15.5 Å². The summed E-state index contributed by atoms with van der Waals surface area (Å²) in [5.74, 6) is -0.341. The molecule has 134 valence electrons. The number of rotatable bonds is 6. The molecule has 0 fully saturated rings. The second kappa shape index (κ2) is 9.36. The molecule has 9 heteroatoms. The van der Waals surface area contributed by atoms with Gasteiger partial charge in [0.25, 0.3) is 0 Å². The van der Waals surface area contributed by atoms with Crippen LogP contribution in [0.25, 0.3) is 0 Å². The molecule has 0 spiro atoms. The Morgan fingerprint density at radius 2 is 2.04 bits per heavy atom. The zero-order chi connectivity index (χ0) is 18.2. The quantitative estimate of drug-likeness (QED) is 0.602. The molecule has 5 nitrogen and oxygen atoms in total. The Morgan fingerprint density at radius 3 is 2.62 bits per heavy atom. The standard InChI is InChI=1S/C15H20ClF3N4O/c1-3-20-14(21-8-11-5-4-6-12(16)7-11)22-9-13(24)23(2)10-15(17,18)19/h4-7H,3,8-10H2,1-2H3,(H2,20,21,22). The molecule has 0 saturated carbocycles. The molecule has 1 aromatic carbocycles. The van der Waals surface area contributed by atoms with Crippen LogP contribution in [0.4, 0.5) is 13.2 Å². The first kappa shape index (κ1) is 20.1. The van der Waals surface area contributed by atoms with Gasteiger partial charge in [0, 0.05) is 18.6 Å². The zero-order valence-corrected chi connectivity index (χ0v) is 14.2. The Balaban J connectivity index is 2.59. The van der Waals surface area contributed by atoms with Crippen molar-refractivity contribution in [1.82, 2.24) is 15.5 Å². The first-order chi connectivity index (χ1) is 11.2. The first-order valence-corrected chi connectivity index (χ1v) is 7.66. The normalized spacial score (nSPS) is 12.0. The van der Waals surface area contributed by atoms with Crippen molar-refractivity contribution in [1.29, 1.82) is 0 Å². The molecule has 2 N–H and O–H groups in total. The molecule has 0 atom stereocenters. The van der Waals surface area contributed by atoms with Crippen molar-refractivity contribution in [2.75, 3.05) is 26.7 Å². The fourth-order valence-corrected chi connectivity index (χ4v) is 2.01. The highest BCUT2D eigenvalue weighted by Crippen LogP contribution is 2.15. The van der Waals surface area contributed by atoms with Crippen molar-refractivity contribution >= 4 is 23.5 Å². The zero-order valence-electron chi connectivity index (χ0n) is 13.5. The van der Waals surface area contributed by atoms with Gasteiger partial charge in [0.2, 0.25) is 5.91 Å². The summed E-state index contributed by atoms with van der Waals surface area (Å²) in [6, 6.07) is 7.15. The molecule has 0 aliphatic carbocycles. The summed E-state index contributed by atoms with van der Waals surface area (Å²) in [5.41, 5.74) is 0.875. The fraction of sp³-hybridized carbons (Fsp3) is 0.467. The molecule has 0 aliphatic heterocycles. The van der Waals surface area contributed by atoms with Crippen LogP contribution in [0.15, 0.2) is 29.3 Å². The van der Waals surface area contributed by atoms with E-state index in [1.54, 1.807) is 18.2 Å². The maximum Gasteiger partial charge on any atom is 0.406 e. The summed E-state index contributed by atoms with van der Waals surface area (Å²) < 4.78 is 36.8. The molecule has 0 aromatic heterocycles. The highest BCUT2D eigenvalue weighted by Gasteiger charge is 2.31. The van der Waals surface area contributed by atoms with Crippen LogP contribution in [0.3, 0.4) is 0 Å². The van der Waals surface area contributed by atoms with Gasteiger partial charge in [0.1, 0.15) is 6.54 Å². The third kappa shape index (κ3) is 8.05. The van der Waals surface area contributed by atoms with Gasteiger partial charge in [-0.25, -0.2) is 4.99 Å². The minimum atomic E-state index is -4.42. The lowest BCUT2D eigenvalue weighted by atomic mass is 10.2. The van der Waals surface area contributed by atoms with Crippen LogP contribution >= 0.6 is 11.6 Å². The van der Waals surface area contributed by atoms with Gasteiger partial charge in [-0.1, -0.05) is 23.7 Å². The van der Waals surface area contributed by atoms with Gasteiger partial charge in [0.05, 0.1) is 13.1 Å². The van der Waals surface area contributed by atoms with Crippen LogP contribution in [0.2, 0.25) is 5.02 Å². The van der Waals surface area contributed by atoms with Crippen LogP contribution in [-0.4, -0.2) is 49.6 Å². The molecule has 1 rings (SSSR count). The van der Waals surface area contributed by atoms with E-state index in [0.29, 0.717) is 29.0 Å². The van der Waals surface area contributed by atoms with Crippen LogP contribution in [0.1, 0.15) is 12.5 Å². The average Bonchev–Trinajstić information content (AvgIpc) is 2.48. The maximum atomic E-state index is 12.3. The molecular weight excluding hydrogens is 345 g/mol. The molecule has 0 saturated heterocycles. The van der Waals surface area contributed by atoms with E-state index in [9.17, 15) is 18.0 Å². The van der Waals surface area contributed by atoms with Gasteiger partial charge in [0.15, 0.2) is 5.96 Å². The maximum absolute atomic E-state index is 12.3. The lowest BCUT2D eigenvalue weighted by Gasteiger charge is -2.20. The molecule has 1 aromatic rings. The van der Waals surface area contributed by atoms with Crippen LogP contribution < -0.4 is 10.6 Å². The van der Waals surface area contributed by atoms with E-state index in [2.05, 4.69) is 15.6 Å². The summed E-state index contributed by atoms with van der Waals surface area (Å²) in [5, 5.41) is 6.23. The topological polar surface area (TPSA) is 56.7 Å². The van der Waals surface area contributed by atoms with Crippen molar-refractivity contribution < 1.29 is 18.0 Å². The lowest BCUT2D eigenvalue weighted by molar-refractivity contribution is -0.157. The second-order valence-corrected chi connectivity index (χ2v) is 5.48. The molecule has 0 radical (unpaired) electrons. The third-order valence-electron chi connectivity index (χ3n) is 2.90. The van der Waals surface area contributed by atoms with E-state index in [0.717, 1.165) is 12.6 Å². The number of benzene rings is 1. The minimum Gasteiger partial charge on any atom is -0.357 e. The van der Waals surface area contributed by atoms with Gasteiger partial charge in [-0.3, -0.25) is 4.79 Å². The predicted molar refractivity (Wildman–Crippen MR) is 88.0 cm³/mol. The van der Waals surface area contributed by atoms with Crippen LogP contribution in [0.5, 0.6) is 0 Å². The van der Waals surface area contributed by atoms with E-state index in [-0.39, 0.29) is 6.54 Å². The predicted octanol–water partition coefficient (Wildman–Crippen LogP) is 2.42. The Labute approximate surface area is 143 Å². The van der Waals surface area contributed by atoms with Crippen molar-refractivity contribution in [3.63, 3.8) is 0 Å². The number of amides is 1. The molecule has 0 aliphatic rings. The van der Waals surface area contributed by atoms with Gasteiger partial charge >= 0.3 is 6.18 Å². The number of hydrogen-bond acceptors (Lipinski definition) is 2. The van der Waals surface area contributed by atoms with Gasteiger partial charge in [-0.2, -0.15) is 13.2 Å². The van der Waals surface area contributed by atoms with Crippen LogP contribution in [0, 0.1) is 0 Å². The van der Waals surface area contributed by atoms with Crippen molar-refractivity contribution in [3.05, 3.63) is 34.9 Å². The largest absolute Gasteiger partial charge is 0.406 e. The minimum absolute atomic E-state index is 0.284. The second-order valence-electron chi connectivity index (χ2n) is 5.04. The summed E-state index contributed by atoms with van der Waals surface area (Å²) >= 11 is 5.89. The number of guanidine groups is 1. The molecule has 0 heterocycles. The Morgan fingerprint density at radius 1 is 1.33 bits per heavy atom. The van der Waals surface area contributed by atoms with E-state index in [1.807, 2.05) is 13.0 Å². The van der Waals surface area contributed by atoms with Crippen molar-refractivity contribution in [3.8, 4) is 0 Å². The summed E-state index contributed by atoms with van der Waals surface area (Å²) in [7, 11) is 1.10. The number of nitrogens with zero attached hydrogens (tertiary/aromatic N) is 2. The Hall–Kier alpha value is -1.96. The highest BCUT2D eigenvalue weighted by atomic mass is 35.5. The lowest BCUT2D eigenvalue weighted by Crippen LogP contribution is -2.45. The molecule has 0 bridgehead atoms. The number of aliphatic imine (C=N–C) groups is 1. The summed E-state index contributed by atoms with van der Waals surface area (Å²) in [4.78, 5) is 16.6. The summed E-state index contributed by atoms with van der Waals surface area (Å²) in [6.45, 7) is 1.14. The SMILES string of the molecule is CCNC(=NCc1cccc(Cl)c1)NCC(=O)N(C)CC(F)(F)F. The highest BCUT2D eigenvalue weighted by molar-refractivity contribution is 6.30. The molecule has 24 heavy (non-hydrogen) atoms. The monoisotopic (exact) mass is 364 g/mol. The average molecular weight is 365 g/mol. The van der Waals surface area contributed by atoms with E-state index in [4.69, 9.17) is 11.6 Å². The first-order valence-electron chi connectivity index (χ1n) is 7.28. The van der Waals surface area contributed by atoms with Crippen LogP contribution in [-0.2, 0) is 11.3 Å². The third-order valence-corrected chi connectivity index (χ3v) is 3.14. The fourth-order valence-electron chi connectivity index (χ4n) is 1.80. The summed E-state index contributed by atoms with van der Waals surface area (Å²) in [6.07, 6.45) is -4.42. The smallest absolute Gasteiger partial charge is 0.357 e. The van der Waals surface area contributed by atoms with Crippen molar-refractivity contribution in [2.45, 2.75) is 19.6 Å². The van der Waals surface area contributed by atoms with Gasteiger partial charge in [-0.05, 0) is 24.6 Å². The number of halogens is 4. The number of nitrogens with one attached hydrogen (secondary N) is 2. The number of carbonyl (C=O) groups is 1. The molecular formula is C15H20ClF3N4O. The molecule has 0 unspecified atom stereocenters. The van der Waals surface area contributed by atoms with E-state index >= 15 is 0 Å². The van der Waals surface area contributed by atoms with Crippen molar-refractivity contribution in [2.24, 2.45) is 4.99 Å². The Kier molecular flexibility index (Phi) is 7.84. The number of alkyl halides is 3. The van der Waals surface area contributed by atoms with E-state index < -0.39 is 18.6 Å². The Bertz CT molecular complexity index is 578. The van der Waals surface area contributed by atoms with Gasteiger partial charge in [-0.15, -0.1) is 0 Å². The number of hydrogen-bond donors (Lipinski definition) is 2. The van der Waals surface area contributed by atoms with E-state index in [1.165, 1.54) is 0 Å².